The van der Waals surface area contributed by atoms with Gasteiger partial charge < -0.3 is 9.64 Å². The predicted octanol–water partition coefficient (Wildman–Crippen LogP) is 1.94. The van der Waals surface area contributed by atoms with Gasteiger partial charge in [0.25, 0.3) is 5.91 Å². The number of morpholine rings is 1. The molecule has 0 atom stereocenters. The lowest BCUT2D eigenvalue weighted by Crippen LogP contribution is -2.58. The van der Waals surface area contributed by atoms with E-state index in [2.05, 4.69) is 14.9 Å². The number of pyridine rings is 1. The highest BCUT2D eigenvalue weighted by atomic mass is 32.1. The molecule has 2 aromatic heterocycles. The fourth-order valence-electron chi connectivity index (χ4n) is 3.41. The Hall–Kier alpha value is -1.83. The summed E-state index contributed by atoms with van der Waals surface area (Å²) in [4.78, 5) is 25.0. The number of rotatable bonds is 3. The highest BCUT2D eigenvalue weighted by molar-refractivity contribution is 7.09. The van der Waals surface area contributed by atoms with E-state index in [-0.39, 0.29) is 18.1 Å². The zero-order valence-electron chi connectivity index (χ0n) is 13.4. The van der Waals surface area contributed by atoms with Crippen LogP contribution in [0.2, 0.25) is 0 Å². The van der Waals surface area contributed by atoms with Crippen LogP contribution in [0.15, 0.2) is 36.1 Å². The van der Waals surface area contributed by atoms with Gasteiger partial charge in [0.2, 0.25) is 0 Å². The standard InChI is InChI=1S/C17H20N4O2S/c22-16-12-23-17(13-21(16)14-2-1-5-18-10-14)3-7-20(8-4-17)11-15-19-6-9-24-15/h1-2,5-6,9-10H,3-4,7-8,11-13H2. The quantitative estimate of drug-likeness (QED) is 0.852. The number of hydrogen-bond acceptors (Lipinski definition) is 6. The van der Waals surface area contributed by atoms with Crippen molar-refractivity contribution in [3.05, 3.63) is 41.1 Å². The molecule has 1 spiro atoms. The van der Waals surface area contributed by atoms with E-state index in [4.69, 9.17) is 4.74 Å². The number of aromatic nitrogens is 2. The molecule has 2 aliphatic heterocycles. The van der Waals surface area contributed by atoms with Crippen molar-refractivity contribution in [3.8, 4) is 0 Å². The third kappa shape index (κ3) is 3.19. The maximum absolute atomic E-state index is 12.3. The average Bonchev–Trinajstić information content (AvgIpc) is 3.13. The Balaban J connectivity index is 1.42. The van der Waals surface area contributed by atoms with E-state index in [1.54, 1.807) is 23.7 Å². The molecular formula is C17H20N4O2S. The summed E-state index contributed by atoms with van der Waals surface area (Å²) in [5, 5.41) is 3.17. The molecule has 0 saturated carbocycles. The van der Waals surface area contributed by atoms with E-state index in [9.17, 15) is 4.79 Å². The second-order valence-corrected chi connectivity index (χ2v) is 7.34. The molecule has 0 aromatic carbocycles. The summed E-state index contributed by atoms with van der Waals surface area (Å²) < 4.78 is 6.00. The largest absolute Gasteiger partial charge is 0.363 e. The molecule has 126 valence electrons. The summed E-state index contributed by atoms with van der Waals surface area (Å²) in [5.74, 6) is 0.0128. The number of nitrogens with zero attached hydrogens (tertiary/aromatic N) is 4. The van der Waals surface area contributed by atoms with E-state index in [0.29, 0.717) is 6.54 Å². The van der Waals surface area contributed by atoms with Crippen LogP contribution in [0.5, 0.6) is 0 Å². The normalized spacial score (nSPS) is 21.3. The lowest BCUT2D eigenvalue weighted by Gasteiger charge is -2.46. The average molecular weight is 344 g/mol. The van der Waals surface area contributed by atoms with E-state index in [1.807, 2.05) is 28.6 Å². The molecule has 2 fully saturated rings. The van der Waals surface area contributed by atoms with Crippen molar-refractivity contribution in [3.63, 3.8) is 0 Å². The SMILES string of the molecule is O=C1COC2(CCN(Cc3nccs3)CC2)CN1c1cccnc1. The number of anilines is 1. The maximum atomic E-state index is 12.3. The van der Waals surface area contributed by atoms with Crippen molar-refractivity contribution in [2.45, 2.75) is 25.0 Å². The molecular weight excluding hydrogens is 324 g/mol. The zero-order valence-corrected chi connectivity index (χ0v) is 14.2. The first-order valence-electron chi connectivity index (χ1n) is 8.19. The van der Waals surface area contributed by atoms with Crippen LogP contribution in [0.25, 0.3) is 0 Å². The Morgan fingerprint density at radius 3 is 2.88 bits per heavy atom. The molecule has 4 heterocycles. The van der Waals surface area contributed by atoms with E-state index in [0.717, 1.165) is 43.2 Å². The van der Waals surface area contributed by atoms with Gasteiger partial charge in [-0.2, -0.15) is 0 Å². The molecule has 0 aliphatic carbocycles. The van der Waals surface area contributed by atoms with E-state index >= 15 is 0 Å². The second kappa shape index (κ2) is 6.58. The van der Waals surface area contributed by atoms with E-state index in [1.165, 1.54) is 0 Å². The van der Waals surface area contributed by atoms with Crippen LogP contribution >= 0.6 is 11.3 Å². The third-order valence-corrected chi connectivity index (χ3v) is 5.58. The van der Waals surface area contributed by atoms with Crippen molar-refractivity contribution in [2.75, 3.05) is 31.1 Å². The van der Waals surface area contributed by atoms with Crippen LogP contribution in [-0.2, 0) is 16.1 Å². The van der Waals surface area contributed by atoms with Gasteiger partial charge in [-0.1, -0.05) is 0 Å². The Kier molecular flexibility index (Phi) is 4.30. The summed E-state index contributed by atoms with van der Waals surface area (Å²) in [7, 11) is 0. The lowest BCUT2D eigenvalue weighted by atomic mass is 9.89. The number of likely N-dealkylation sites (tertiary alicyclic amines) is 1. The monoisotopic (exact) mass is 344 g/mol. The Bertz CT molecular complexity index is 684. The van der Waals surface area contributed by atoms with Gasteiger partial charge in [-0.15, -0.1) is 11.3 Å². The molecule has 2 aliphatic rings. The van der Waals surface area contributed by atoms with Gasteiger partial charge >= 0.3 is 0 Å². The van der Waals surface area contributed by atoms with Crippen molar-refractivity contribution < 1.29 is 9.53 Å². The second-order valence-electron chi connectivity index (χ2n) is 6.36. The summed E-state index contributed by atoms with van der Waals surface area (Å²) in [5.41, 5.74) is 0.624. The van der Waals surface area contributed by atoms with Gasteiger partial charge in [0.05, 0.1) is 30.6 Å². The number of amides is 1. The molecule has 0 radical (unpaired) electrons. The maximum Gasteiger partial charge on any atom is 0.253 e. The molecule has 6 nitrogen and oxygen atoms in total. The van der Waals surface area contributed by atoms with Crippen molar-refractivity contribution in [2.24, 2.45) is 0 Å². The number of carbonyl (C=O) groups excluding carboxylic acids is 1. The molecule has 2 saturated heterocycles. The topological polar surface area (TPSA) is 58.6 Å². The van der Waals surface area contributed by atoms with Crippen LogP contribution < -0.4 is 4.90 Å². The lowest BCUT2D eigenvalue weighted by molar-refractivity contribution is -0.144. The first-order valence-corrected chi connectivity index (χ1v) is 9.07. The molecule has 0 bridgehead atoms. The van der Waals surface area contributed by atoms with Gasteiger partial charge in [0, 0.05) is 30.9 Å². The number of ether oxygens (including phenoxy) is 1. The summed E-state index contributed by atoms with van der Waals surface area (Å²) >= 11 is 1.70. The predicted molar refractivity (Wildman–Crippen MR) is 91.9 cm³/mol. The number of hydrogen-bond donors (Lipinski definition) is 0. The molecule has 4 rings (SSSR count). The molecule has 2 aromatic rings. The Morgan fingerprint density at radius 2 is 2.17 bits per heavy atom. The smallest absolute Gasteiger partial charge is 0.253 e. The van der Waals surface area contributed by atoms with Gasteiger partial charge in [0.15, 0.2) is 0 Å². The Morgan fingerprint density at radius 1 is 1.29 bits per heavy atom. The first-order chi connectivity index (χ1) is 11.7. The molecule has 0 N–H and O–H groups in total. The van der Waals surface area contributed by atoms with Crippen LogP contribution in [-0.4, -0.2) is 52.6 Å². The summed E-state index contributed by atoms with van der Waals surface area (Å²) in [6.07, 6.45) is 7.19. The summed E-state index contributed by atoms with van der Waals surface area (Å²) in [6.45, 7) is 3.60. The summed E-state index contributed by atoms with van der Waals surface area (Å²) in [6, 6.07) is 3.79. The third-order valence-electron chi connectivity index (χ3n) is 4.82. The van der Waals surface area contributed by atoms with Gasteiger partial charge in [-0.25, -0.2) is 4.98 Å². The van der Waals surface area contributed by atoms with Crippen molar-refractivity contribution in [1.82, 2.24) is 14.9 Å². The number of piperidine rings is 1. The fourth-order valence-corrected chi connectivity index (χ4v) is 4.06. The van der Waals surface area contributed by atoms with Crippen LogP contribution in [0, 0.1) is 0 Å². The molecule has 7 heteroatoms. The highest BCUT2D eigenvalue weighted by Gasteiger charge is 2.42. The number of carbonyl (C=O) groups is 1. The molecule has 1 amide bonds. The van der Waals surface area contributed by atoms with Gasteiger partial charge in [0.1, 0.15) is 11.6 Å². The van der Waals surface area contributed by atoms with Crippen molar-refractivity contribution in [1.29, 1.82) is 0 Å². The van der Waals surface area contributed by atoms with Crippen molar-refractivity contribution >= 4 is 22.9 Å². The fraction of sp³-hybridized carbons (Fsp3) is 0.471. The minimum absolute atomic E-state index is 0.0128. The highest BCUT2D eigenvalue weighted by Crippen LogP contribution is 2.33. The Labute approximate surface area is 145 Å². The zero-order chi connectivity index (χ0) is 16.4. The first kappa shape index (κ1) is 15.7. The van der Waals surface area contributed by atoms with Crippen LogP contribution in [0.3, 0.4) is 0 Å². The van der Waals surface area contributed by atoms with E-state index < -0.39 is 0 Å². The van der Waals surface area contributed by atoms with Crippen LogP contribution in [0.4, 0.5) is 5.69 Å². The minimum Gasteiger partial charge on any atom is -0.363 e. The number of thiazole rings is 1. The molecule has 0 unspecified atom stereocenters. The van der Waals surface area contributed by atoms with Gasteiger partial charge in [-0.3, -0.25) is 14.7 Å². The minimum atomic E-state index is -0.233. The van der Waals surface area contributed by atoms with Crippen LogP contribution in [0.1, 0.15) is 17.8 Å². The van der Waals surface area contributed by atoms with Gasteiger partial charge in [-0.05, 0) is 25.0 Å². The molecule has 24 heavy (non-hydrogen) atoms.